The van der Waals surface area contributed by atoms with Gasteiger partial charge in [0.15, 0.2) is 5.82 Å². The van der Waals surface area contributed by atoms with Gasteiger partial charge in [0.05, 0.1) is 24.5 Å². The van der Waals surface area contributed by atoms with Gasteiger partial charge in [-0.15, -0.1) is 0 Å². The maximum absolute atomic E-state index is 15.2. The predicted molar refractivity (Wildman–Crippen MR) is 226 cm³/mol. The number of aromatic nitrogens is 8. The molecule has 3 aliphatic rings. The van der Waals surface area contributed by atoms with Crippen LogP contribution in [0.4, 0.5) is 4.39 Å². The molecular weight excluding hydrogens is 778 g/mol. The van der Waals surface area contributed by atoms with Gasteiger partial charge in [0.2, 0.25) is 0 Å². The van der Waals surface area contributed by atoms with Crippen molar-refractivity contribution in [1.82, 2.24) is 43.1 Å². The molecule has 5 aromatic heterocycles. The molecule has 0 unspecified atom stereocenters. The Morgan fingerprint density at radius 1 is 0.902 bits per heavy atom. The predicted octanol–water partition coefficient (Wildman–Crippen LogP) is 6.70. The fraction of sp³-hybridized carbons (Fsp3) is 0.326. The van der Waals surface area contributed by atoms with Crippen molar-refractivity contribution in [3.8, 4) is 22.6 Å². The number of hydrogen-bond acceptors (Lipinski definition) is 7. The highest BCUT2D eigenvalue weighted by molar-refractivity contribution is 5.99. The summed E-state index contributed by atoms with van der Waals surface area (Å²) in [6.07, 6.45) is 7.96. The Hall–Kier alpha value is -6.74. The van der Waals surface area contributed by atoms with Crippen molar-refractivity contribution in [2.45, 2.75) is 64.6 Å². The van der Waals surface area contributed by atoms with Gasteiger partial charge in [-0.25, -0.2) is 14.0 Å². The van der Waals surface area contributed by atoms with E-state index in [4.69, 9.17) is 14.4 Å². The fourth-order valence-electron chi connectivity index (χ4n) is 10.0. The zero-order valence-corrected chi connectivity index (χ0v) is 34.3. The average molecular weight is 822 g/mol. The number of aromatic amines is 1. The topological polar surface area (TPSA) is 143 Å². The first kappa shape index (κ1) is 37.3. The van der Waals surface area contributed by atoms with Crippen LogP contribution in [0.5, 0.6) is 0 Å². The van der Waals surface area contributed by atoms with Gasteiger partial charge in [-0.1, -0.05) is 18.1 Å². The standard InChI is InChI=1S/C46H44FN9O5/c1-26-19-33(20-27(2)39(26)47)40-41(54-15-14-53(45(54)59)34-6-8-35-31(22-34)9-12-51(35)4)38-25-52(13-16-55(38)49-40)42(57)37-23-32-21-30(29-10-17-60-18-11-29)5-7-36(32)56(37)46(24-28(46)3)43-48-44(58)61-50-43/h5-9,12,14-15,19-23,28-29H,10-11,13,16-18,24-25H2,1-4H3,(H,48,50,58)/t28-,46-/m0/s1. The number of fused-ring (bicyclic) bond motifs is 3. The van der Waals surface area contributed by atoms with Crippen LogP contribution in [0.15, 0.2) is 93.4 Å². The van der Waals surface area contributed by atoms with Gasteiger partial charge in [-0.2, -0.15) is 5.10 Å². The third-order valence-electron chi connectivity index (χ3n) is 13.4. The highest BCUT2D eigenvalue weighted by atomic mass is 19.1. The first-order chi connectivity index (χ1) is 29.5. The van der Waals surface area contributed by atoms with Crippen LogP contribution in [0.25, 0.3) is 44.4 Å². The molecule has 3 aromatic carbocycles. The summed E-state index contributed by atoms with van der Waals surface area (Å²) in [5, 5.41) is 11.2. The van der Waals surface area contributed by atoms with E-state index < -0.39 is 11.3 Å². The van der Waals surface area contributed by atoms with Crippen molar-refractivity contribution in [2.24, 2.45) is 13.0 Å². The molecule has 2 fully saturated rings. The van der Waals surface area contributed by atoms with Crippen LogP contribution >= 0.6 is 0 Å². The van der Waals surface area contributed by atoms with Gasteiger partial charge < -0.3 is 18.8 Å². The highest BCUT2D eigenvalue weighted by Gasteiger charge is 2.59. The van der Waals surface area contributed by atoms with Gasteiger partial charge in [0.25, 0.3) is 5.91 Å². The molecule has 2 atom stereocenters. The number of ether oxygens (including phenoxy) is 1. The number of amides is 1. The Kier molecular flexibility index (Phi) is 8.34. The summed E-state index contributed by atoms with van der Waals surface area (Å²) in [5.41, 5.74) is 6.50. The summed E-state index contributed by atoms with van der Waals surface area (Å²) >= 11 is 0. The van der Waals surface area contributed by atoms with Gasteiger partial charge in [-0.3, -0.25) is 28.1 Å². The number of rotatable bonds is 7. The molecule has 1 N–H and O–H groups in total. The zero-order chi connectivity index (χ0) is 41.9. The molecule has 0 radical (unpaired) electrons. The second kappa shape index (κ2) is 13.6. The van der Waals surface area contributed by atoms with Crippen LogP contribution in [0.3, 0.4) is 0 Å². The molecule has 310 valence electrons. The molecule has 61 heavy (non-hydrogen) atoms. The second-order valence-electron chi connectivity index (χ2n) is 17.1. The molecule has 14 nitrogen and oxygen atoms in total. The Morgan fingerprint density at radius 3 is 2.39 bits per heavy atom. The molecule has 0 bridgehead atoms. The average Bonchev–Trinajstić information content (AvgIpc) is 3.89. The molecule has 7 heterocycles. The zero-order valence-electron chi connectivity index (χ0n) is 34.3. The van der Waals surface area contributed by atoms with Crippen LogP contribution in [0.1, 0.15) is 70.8 Å². The molecule has 1 saturated heterocycles. The van der Waals surface area contributed by atoms with Crippen LogP contribution in [-0.2, 0) is 30.4 Å². The quantitative estimate of drug-likeness (QED) is 0.189. The molecule has 1 aliphatic carbocycles. The lowest BCUT2D eigenvalue weighted by Crippen LogP contribution is -2.41. The van der Waals surface area contributed by atoms with Crippen LogP contribution < -0.4 is 11.4 Å². The monoisotopic (exact) mass is 821 g/mol. The Balaban J connectivity index is 1.04. The summed E-state index contributed by atoms with van der Waals surface area (Å²) in [6, 6.07) is 19.8. The number of carbonyl (C=O) groups excluding carboxylic acids is 1. The first-order valence-electron chi connectivity index (χ1n) is 20.8. The smallest absolute Gasteiger partial charge is 0.381 e. The number of imidazole rings is 1. The van der Waals surface area contributed by atoms with Crippen molar-refractivity contribution < 1.29 is 18.4 Å². The van der Waals surface area contributed by atoms with Crippen molar-refractivity contribution in [3.63, 3.8) is 0 Å². The van der Waals surface area contributed by atoms with E-state index in [9.17, 15) is 9.59 Å². The number of hydrogen-bond donors (Lipinski definition) is 1. The Bertz CT molecular complexity index is 3180. The lowest BCUT2D eigenvalue weighted by atomic mass is 9.91. The summed E-state index contributed by atoms with van der Waals surface area (Å²) < 4.78 is 34.8. The van der Waals surface area contributed by atoms with E-state index in [0.717, 1.165) is 34.6 Å². The normalized spacial score (nSPS) is 19.3. The molecule has 8 aromatic rings. The fourth-order valence-corrected chi connectivity index (χ4v) is 10.0. The SMILES string of the molecule is Cc1cc(-c2nn3c(c2-n2ccn(-c4ccc5c(ccn5C)c4)c2=O)CN(C(=O)c2cc4cc(C5CCOCC5)ccc4n2[C@@]2(c4noc(=O)[nH]4)C[C@@H]2C)CC3)cc(C)c1F. The third kappa shape index (κ3) is 5.73. The lowest BCUT2D eigenvalue weighted by molar-refractivity contribution is 0.0692. The first-order valence-corrected chi connectivity index (χ1v) is 20.8. The molecule has 15 heteroatoms. The molecule has 11 rings (SSSR count). The molecular formula is C46H44FN9O5. The van der Waals surface area contributed by atoms with E-state index in [1.165, 1.54) is 5.56 Å². The van der Waals surface area contributed by atoms with Crippen molar-refractivity contribution in [3.05, 3.63) is 140 Å². The van der Waals surface area contributed by atoms with Crippen molar-refractivity contribution in [2.75, 3.05) is 19.8 Å². The van der Waals surface area contributed by atoms with Crippen molar-refractivity contribution >= 4 is 27.7 Å². The largest absolute Gasteiger partial charge is 0.438 e. The minimum Gasteiger partial charge on any atom is -0.381 e. The minimum atomic E-state index is -0.799. The molecule has 0 spiro atoms. The van der Waals surface area contributed by atoms with E-state index in [0.29, 0.717) is 89.6 Å². The third-order valence-corrected chi connectivity index (χ3v) is 13.4. The maximum atomic E-state index is 15.2. The van der Waals surface area contributed by atoms with Crippen LogP contribution in [-0.4, -0.2) is 68.8 Å². The molecule has 1 saturated carbocycles. The number of nitrogens with one attached hydrogen (secondary N) is 1. The van der Waals surface area contributed by atoms with Gasteiger partial charge in [0.1, 0.15) is 28.4 Å². The van der Waals surface area contributed by atoms with E-state index in [-0.39, 0.29) is 29.9 Å². The van der Waals surface area contributed by atoms with E-state index in [2.05, 4.69) is 35.3 Å². The summed E-state index contributed by atoms with van der Waals surface area (Å²) in [4.78, 5) is 46.8. The van der Waals surface area contributed by atoms with Gasteiger partial charge >= 0.3 is 11.4 Å². The number of nitrogens with zero attached hydrogens (tertiary/aromatic N) is 8. The Morgan fingerprint density at radius 2 is 1.66 bits per heavy atom. The van der Waals surface area contributed by atoms with Gasteiger partial charge in [-0.05, 0) is 116 Å². The van der Waals surface area contributed by atoms with E-state index >= 15 is 9.18 Å². The maximum Gasteiger partial charge on any atom is 0.438 e. The molecule has 2 aliphatic heterocycles. The number of aryl methyl sites for hydroxylation is 3. The van der Waals surface area contributed by atoms with Crippen LogP contribution in [0, 0.1) is 25.6 Å². The number of H-pyrrole nitrogens is 1. The number of halogens is 1. The summed E-state index contributed by atoms with van der Waals surface area (Å²) in [7, 11) is 1.98. The molecule has 1 amide bonds. The van der Waals surface area contributed by atoms with Gasteiger partial charge in [0, 0.05) is 72.8 Å². The Labute approximate surface area is 348 Å². The summed E-state index contributed by atoms with van der Waals surface area (Å²) in [5.74, 6) is -0.369. The minimum absolute atomic E-state index is 0.0451. The lowest BCUT2D eigenvalue weighted by Gasteiger charge is -2.30. The van der Waals surface area contributed by atoms with E-state index in [1.807, 2.05) is 57.4 Å². The van der Waals surface area contributed by atoms with E-state index in [1.54, 1.807) is 52.4 Å². The number of carbonyl (C=O) groups is 1. The summed E-state index contributed by atoms with van der Waals surface area (Å²) in [6.45, 7) is 7.80. The van der Waals surface area contributed by atoms with Crippen LogP contribution in [0.2, 0.25) is 0 Å². The van der Waals surface area contributed by atoms with Crippen molar-refractivity contribution in [1.29, 1.82) is 0 Å². The highest BCUT2D eigenvalue weighted by Crippen LogP contribution is 2.56. The number of benzene rings is 3. The second-order valence-corrected chi connectivity index (χ2v) is 17.1.